The summed E-state index contributed by atoms with van der Waals surface area (Å²) < 4.78 is 41.4. The Kier molecular flexibility index (Phi) is 5.05. The number of carbonyl (C=O) groups is 3. The molecule has 7 nitrogen and oxygen atoms in total. The number of hydrogen-bond acceptors (Lipinski definition) is 5. The minimum atomic E-state index is -1.61. The number of amides is 1. The SMILES string of the molecule is O=CNc1c(CC(=O)O)ccc2c1C1C(=O)C=NC=C1N2Cc1ccc(F)c(F)c1F. The van der Waals surface area contributed by atoms with Gasteiger partial charge in [-0.05, 0) is 17.7 Å². The van der Waals surface area contributed by atoms with Gasteiger partial charge in [0.05, 0.1) is 36.5 Å². The maximum Gasteiger partial charge on any atom is 0.307 e. The Bertz CT molecular complexity index is 1190. The van der Waals surface area contributed by atoms with Gasteiger partial charge >= 0.3 is 5.97 Å². The van der Waals surface area contributed by atoms with Crippen molar-refractivity contribution in [3.63, 3.8) is 0 Å². The smallest absolute Gasteiger partial charge is 0.307 e. The first-order chi connectivity index (χ1) is 14.8. The molecule has 0 saturated carbocycles. The Morgan fingerprint density at radius 2 is 1.90 bits per heavy atom. The highest BCUT2D eigenvalue weighted by Crippen LogP contribution is 2.50. The lowest BCUT2D eigenvalue weighted by Gasteiger charge is -2.23. The molecule has 2 aromatic carbocycles. The van der Waals surface area contributed by atoms with Crippen molar-refractivity contribution < 1.29 is 32.7 Å². The molecule has 0 bridgehead atoms. The predicted octanol–water partition coefficient (Wildman–Crippen LogP) is 2.90. The van der Waals surface area contributed by atoms with Crippen LogP contribution in [-0.2, 0) is 27.3 Å². The number of aliphatic carboxylic acids is 1. The van der Waals surface area contributed by atoms with Crippen LogP contribution in [0.5, 0.6) is 0 Å². The first-order valence-corrected chi connectivity index (χ1v) is 9.08. The fraction of sp³-hybridized carbons (Fsp3) is 0.143. The Hall–Kier alpha value is -3.95. The number of ketones is 1. The molecule has 1 atom stereocenters. The van der Waals surface area contributed by atoms with E-state index in [1.165, 1.54) is 23.2 Å². The lowest BCUT2D eigenvalue weighted by Crippen LogP contribution is -2.25. The van der Waals surface area contributed by atoms with Crippen molar-refractivity contribution in [2.24, 2.45) is 4.99 Å². The number of fused-ring (bicyclic) bond motifs is 3. The Morgan fingerprint density at radius 3 is 2.61 bits per heavy atom. The van der Waals surface area contributed by atoms with E-state index in [0.717, 1.165) is 18.3 Å². The van der Waals surface area contributed by atoms with E-state index in [1.54, 1.807) is 0 Å². The molecule has 0 radical (unpaired) electrons. The Labute approximate surface area is 173 Å². The van der Waals surface area contributed by atoms with Crippen LogP contribution in [0, 0.1) is 17.5 Å². The molecule has 2 aromatic rings. The molecule has 158 valence electrons. The topological polar surface area (TPSA) is 99.1 Å². The molecule has 2 aliphatic heterocycles. The number of carboxylic acids is 1. The molecule has 2 aliphatic rings. The van der Waals surface area contributed by atoms with E-state index in [2.05, 4.69) is 10.3 Å². The van der Waals surface area contributed by atoms with Gasteiger partial charge in [0.2, 0.25) is 6.41 Å². The predicted molar refractivity (Wildman–Crippen MR) is 104 cm³/mol. The number of rotatable bonds is 6. The number of carbonyl (C=O) groups excluding carboxylic acids is 2. The summed E-state index contributed by atoms with van der Waals surface area (Å²) in [5.74, 6) is -6.77. The van der Waals surface area contributed by atoms with Gasteiger partial charge in [0.25, 0.3) is 0 Å². The molecular weight excluding hydrogens is 415 g/mol. The molecule has 2 heterocycles. The van der Waals surface area contributed by atoms with Gasteiger partial charge in [-0.1, -0.05) is 12.1 Å². The number of nitrogens with zero attached hydrogens (tertiary/aromatic N) is 2. The number of halogens is 3. The molecule has 4 rings (SSSR count). The zero-order chi connectivity index (χ0) is 22.3. The molecular formula is C21H14F3N3O4. The van der Waals surface area contributed by atoms with Crippen LogP contribution in [0.1, 0.15) is 22.6 Å². The highest BCUT2D eigenvalue weighted by Gasteiger charge is 2.42. The second-order valence-electron chi connectivity index (χ2n) is 6.95. The third-order valence-corrected chi connectivity index (χ3v) is 5.18. The molecule has 31 heavy (non-hydrogen) atoms. The number of anilines is 2. The first kappa shape index (κ1) is 20.3. The average molecular weight is 429 g/mol. The second kappa shape index (κ2) is 7.71. The molecule has 0 saturated heterocycles. The highest BCUT2D eigenvalue weighted by atomic mass is 19.2. The lowest BCUT2D eigenvalue weighted by atomic mass is 9.90. The van der Waals surface area contributed by atoms with E-state index in [9.17, 15) is 32.7 Å². The lowest BCUT2D eigenvalue weighted by molar-refractivity contribution is -0.136. The average Bonchev–Trinajstić information content (AvgIpc) is 3.05. The van der Waals surface area contributed by atoms with Crippen LogP contribution in [0.4, 0.5) is 24.5 Å². The summed E-state index contributed by atoms with van der Waals surface area (Å²) in [5, 5.41) is 11.7. The van der Waals surface area contributed by atoms with Crippen LogP contribution in [0.2, 0.25) is 0 Å². The molecule has 0 aromatic heterocycles. The standard InChI is InChI=1S/C21H14F3N3O4/c22-12-3-1-11(19(23)20(12)24)8-27-13-4-2-10(5-16(30)31)21(26-9-28)18(13)17-14(27)6-25-7-15(17)29/h1-4,6-7,9,17H,5,8H2,(H,26,28)(H,30,31). The van der Waals surface area contributed by atoms with Gasteiger partial charge in [-0.3, -0.25) is 19.4 Å². The summed E-state index contributed by atoms with van der Waals surface area (Å²) in [6.45, 7) is -0.250. The largest absolute Gasteiger partial charge is 0.481 e. The van der Waals surface area contributed by atoms with Gasteiger partial charge in [-0.15, -0.1) is 0 Å². The van der Waals surface area contributed by atoms with E-state index in [4.69, 9.17) is 0 Å². The third kappa shape index (κ3) is 3.35. The Morgan fingerprint density at radius 1 is 1.16 bits per heavy atom. The number of carboxylic acid groups (broad SMARTS) is 1. The number of hydrogen-bond donors (Lipinski definition) is 2. The fourth-order valence-electron chi connectivity index (χ4n) is 3.89. The van der Waals surface area contributed by atoms with Crippen LogP contribution < -0.4 is 10.2 Å². The molecule has 0 spiro atoms. The van der Waals surface area contributed by atoms with Crippen molar-refractivity contribution in [2.45, 2.75) is 18.9 Å². The number of benzene rings is 2. The Balaban J connectivity index is 1.89. The van der Waals surface area contributed by atoms with Crippen molar-refractivity contribution in [3.8, 4) is 0 Å². The minimum Gasteiger partial charge on any atom is -0.481 e. The van der Waals surface area contributed by atoms with Crippen LogP contribution in [0.15, 0.2) is 41.2 Å². The van der Waals surface area contributed by atoms with E-state index in [0.29, 0.717) is 23.4 Å². The van der Waals surface area contributed by atoms with E-state index >= 15 is 0 Å². The van der Waals surface area contributed by atoms with Crippen molar-refractivity contribution in [2.75, 3.05) is 10.2 Å². The van der Waals surface area contributed by atoms with Gasteiger partial charge in [0.1, 0.15) is 0 Å². The number of allylic oxidation sites excluding steroid dienone is 1. The summed E-state index contributed by atoms with van der Waals surface area (Å²) in [5.41, 5.74) is 1.33. The van der Waals surface area contributed by atoms with Crippen molar-refractivity contribution in [1.82, 2.24) is 0 Å². The van der Waals surface area contributed by atoms with Gasteiger partial charge in [0.15, 0.2) is 23.2 Å². The van der Waals surface area contributed by atoms with Gasteiger partial charge < -0.3 is 15.3 Å². The second-order valence-corrected chi connectivity index (χ2v) is 6.95. The van der Waals surface area contributed by atoms with Crippen LogP contribution in [-0.4, -0.2) is 29.5 Å². The molecule has 1 unspecified atom stereocenters. The van der Waals surface area contributed by atoms with E-state index < -0.39 is 41.5 Å². The molecule has 0 aliphatic carbocycles. The fourth-order valence-corrected chi connectivity index (χ4v) is 3.89. The monoisotopic (exact) mass is 429 g/mol. The maximum atomic E-state index is 14.3. The van der Waals surface area contributed by atoms with Gasteiger partial charge in [-0.25, -0.2) is 13.2 Å². The quantitative estimate of drug-likeness (QED) is 0.544. The van der Waals surface area contributed by atoms with Crippen LogP contribution in [0.3, 0.4) is 0 Å². The van der Waals surface area contributed by atoms with E-state index in [1.807, 2.05) is 0 Å². The number of nitrogens with one attached hydrogen (secondary N) is 1. The zero-order valence-electron chi connectivity index (χ0n) is 15.7. The third-order valence-electron chi connectivity index (χ3n) is 5.18. The molecule has 0 fully saturated rings. The molecule has 10 heteroatoms. The van der Waals surface area contributed by atoms with Crippen molar-refractivity contribution in [3.05, 3.63) is 70.3 Å². The summed E-state index contributed by atoms with van der Waals surface area (Å²) in [7, 11) is 0. The van der Waals surface area contributed by atoms with Crippen LogP contribution in [0.25, 0.3) is 0 Å². The van der Waals surface area contributed by atoms with Gasteiger partial charge in [-0.2, -0.15) is 0 Å². The van der Waals surface area contributed by atoms with Crippen molar-refractivity contribution >= 4 is 35.8 Å². The summed E-state index contributed by atoms with van der Waals surface area (Å²) >= 11 is 0. The van der Waals surface area contributed by atoms with Crippen LogP contribution >= 0.6 is 0 Å². The summed E-state index contributed by atoms with van der Waals surface area (Å²) in [6.07, 6.45) is 2.43. The molecule has 2 N–H and O–H groups in total. The summed E-state index contributed by atoms with van der Waals surface area (Å²) in [6, 6.07) is 4.90. The highest BCUT2D eigenvalue weighted by molar-refractivity contribution is 6.33. The summed E-state index contributed by atoms with van der Waals surface area (Å²) in [4.78, 5) is 40.5. The minimum absolute atomic E-state index is 0.155. The number of Topliss-reactive ketones (excluding diaryl/α,β-unsaturated/α-hetero) is 1. The first-order valence-electron chi connectivity index (χ1n) is 9.08. The zero-order valence-corrected chi connectivity index (χ0v) is 15.7. The number of aliphatic imine (C=N–C) groups is 1. The maximum absolute atomic E-state index is 14.3. The van der Waals surface area contributed by atoms with Gasteiger partial charge in [0, 0.05) is 23.0 Å². The normalized spacial score (nSPS) is 16.6. The van der Waals surface area contributed by atoms with E-state index in [-0.39, 0.29) is 23.4 Å². The molecule has 1 amide bonds. The van der Waals surface area contributed by atoms with Crippen molar-refractivity contribution in [1.29, 1.82) is 0 Å².